The lowest BCUT2D eigenvalue weighted by Gasteiger charge is -2.15. The Morgan fingerprint density at radius 3 is 2.74 bits per heavy atom. The number of ether oxygens (including phenoxy) is 1. The van der Waals surface area contributed by atoms with Gasteiger partial charge in [-0.25, -0.2) is 9.67 Å². The van der Waals surface area contributed by atoms with E-state index in [1.165, 1.54) is 0 Å². The van der Waals surface area contributed by atoms with Crippen LogP contribution < -0.4 is 4.74 Å². The molecule has 8 nitrogen and oxygen atoms in total. The van der Waals surface area contributed by atoms with Crippen molar-refractivity contribution in [2.75, 3.05) is 7.11 Å². The molecule has 0 spiro atoms. The van der Waals surface area contributed by atoms with Gasteiger partial charge in [-0.2, -0.15) is 0 Å². The average molecular weight is 362 g/mol. The molecule has 1 saturated carbocycles. The molecular weight excluding hydrogens is 344 g/mol. The van der Waals surface area contributed by atoms with Crippen molar-refractivity contribution in [2.45, 2.75) is 24.9 Å². The number of aromatic nitrogens is 6. The fraction of sp³-hybridized carbons (Fsp3) is 0.263. The van der Waals surface area contributed by atoms with Crippen LogP contribution in [0.15, 0.2) is 49.2 Å². The molecule has 3 heterocycles. The van der Waals surface area contributed by atoms with Gasteiger partial charge in [0.15, 0.2) is 0 Å². The molecule has 1 N–H and O–H groups in total. The van der Waals surface area contributed by atoms with Gasteiger partial charge >= 0.3 is 0 Å². The van der Waals surface area contributed by atoms with Gasteiger partial charge < -0.3 is 9.84 Å². The van der Waals surface area contributed by atoms with Crippen LogP contribution in [0.2, 0.25) is 0 Å². The highest BCUT2D eigenvalue weighted by atomic mass is 16.5. The van der Waals surface area contributed by atoms with E-state index >= 15 is 0 Å². The minimum atomic E-state index is -0.932. The Bertz CT molecular complexity index is 1100. The molecule has 8 heteroatoms. The Labute approximate surface area is 155 Å². The maximum Gasteiger partial charge on any atom is 0.142 e. The third-order valence-corrected chi connectivity index (χ3v) is 4.88. The Morgan fingerprint density at radius 2 is 2.00 bits per heavy atom. The van der Waals surface area contributed by atoms with Crippen LogP contribution in [0.3, 0.4) is 0 Å². The van der Waals surface area contributed by atoms with Crippen molar-refractivity contribution in [2.24, 2.45) is 0 Å². The van der Waals surface area contributed by atoms with Gasteiger partial charge in [0.25, 0.3) is 0 Å². The molecule has 1 fully saturated rings. The molecule has 4 aromatic rings. The van der Waals surface area contributed by atoms with Crippen molar-refractivity contribution < 1.29 is 9.84 Å². The lowest BCUT2D eigenvalue weighted by molar-refractivity contribution is 0.206. The van der Waals surface area contributed by atoms with Crippen LogP contribution in [-0.2, 0) is 0 Å². The molecule has 0 bridgehead atoms. The number of imidazole rings is 1. The molecule has 27 heavy (non-hydrogen) atoms. The van der Waals surface area contributed by atoms with Crippen LogP contribution in [0.1, 0.15) is 41.9 Å². The summed E-state index contributed by atoms with van der Waals surface area (Å²) >= 11 is 0. The molecule has 1 aliphatic carbocycles. The largest absolute Gasteiger partial charge is 0.497 e. The zero-order valence-corrected chi connectivity index (χ0v) is 14.7. The Balaban J connectivity index is 1.54. The second-order valence-corrected chi connectivity index (χ2v) is 6.68. The summed E-state index contributed by atoms with van der Waals surface area (Å²) in [5.74, 6) is 1.16. The lowest BCUT2D eigenvalue weighted by atomic mass is 10.1. The number of nitrogens with zero attached hydrogens (tertiary/aromatic N) is 6. The van der Waals surface area contributed by atoms with E-state index in [2.05, 4.69) is 20.3 Å². The predicted molar refractivity (Wildman–Crippen MR) is 96.9 cm³/mol. The fourth-order valence-electron chi connectivity index (χ4n) is 3.27. The zero-order chi connectivity index (χ0) is 18.4. The number of aliphatic hydroxyl groups excluding tert-OH is 1. The monoisotopic (exact) mass is 362 g/mol. The molecule has 1 atom stereocenters. The van der Waals surface area contributed by atoms with E-state index < -0.39 is 6.10 Å². The first kappa shape index (κ1) is 16.0. The fourth-order valence-corrected chi connectivity index (χ4v) is 3.27. The molecule has 0 unspecified atom stereocenters. The zero-order valence-electron chi connectivity index (χ0n) is 14.7. The van der Waals surface area contributed by atoms with E-state index in [0.29, 0.717) is 17.3 Å². The number of hydrogen-bond acceptors (Lipinski definition) is 6. The van der Waals surface area contributed by atoms with Crippen LogP contribution in [0.25, 0.3) is 11.2 Å². The van der Waals surface area contributed by atoms with Crippen LogP contribution >= 0.6 is 0 Å². The molecule has 0 radical (unpaired) electrons. The first-order valence-corrected chi connectivity index (χ1v) is 8.80. The lowest BCUT2D eigenvalue weighted by Crippen LogP contribution is -2.11. The molecule has 1 aromatic carbocycles. The summed E-state index contributed by atoms with van der Waals surface area (Å²) < 4.78 is 8.70. The predicted octanol–water partition coefficient (Wildman–Crippen LogP) is 2.28. The van der Waals surface area contributed by atoms with E-state index in [1.54, 1.807) is 36.7 Å². The summed E-state index contributed by atoms with van der Waals surface area (Å²) in [7, 11) is 1.63. The normalized spacial score (nSPS) is 15.2. The van der Waals surface area contributed by atoms with Crippen LogP contribution in [-0.4, -0.2) is 41.6 Å². The number of hydrogen-bond donors (Lipinski definition) is 1. The number of methoxy groups -OCH3 is 1. The SMILES string of the molecule is COc1ccc(-n2cc([C@H](O)c3c(C4CC4)ncc4cncn34)nn2)cc1. The minimum absolute atomic E-state index is 0.387. The molecule has 0 saturated heterocycles. The van der Waals surface area contributed by atoms with E-state index in [-0.39, 0.29) is 0 Å². The highest BCUT2D eigenvalue weighted by molar-refractivity contribution is 5.47. The highest BCUT2D eigenvalue weighted by Crippen LogP contribution is 2.42. The topological polar surface area (TPSA) is 90.4 Å². The third kappa shape index (κ3) is 2.74. The molecule has 0 amide bonds. The average Bonchev–Trinajstić information content (AvgIpc) is 3.24. The van der Waals surface area contributed by atoms with Gasteiger partial charge in [0.1, 0.15) is 17.5 Å². The van der Waals surface area contributed by atoms with Crippen LogP contribution in [0.4, 0.5) is 0 Å². The maximum absolute atomic E-state index is 11.1. The van der Waals surface area contributed by atoms with Crippen molar-refractivity contribution in [3.8, 4) is 11.4 Å². The van der Waals surface area contributed by atoms with Gasteiger partial charge in [-0.3, -0.25) is 9.38 Å². The minimum Gasteiger partial charge on any atom is -0.497 e. The first-order valence-electron chi connectivity index (χ1n) is 8.80. The van der Waals surface area contributed by atoms with Gasteiger partial charge in [0.2, 0.25) is 0 Å². The summed E-state index contributed by atoms with van der Waals surface area (Å²) in [5.41, 5.74) is 3.77. The molecular formula is C19H18N6O2. The van der Waals surface area contributed by atoms with E-state index in [1.807, 2.05) is 28.7 Å². The third-order valence-electron chi connectivity index (χ3n) is 4.88. The number of benzene rings is 1. The van der Waals surface area contributed by atoms with Crippen molar-refractivity contribution >= 4 is 5.52 Å². The van der Waals surface area contributed by atoms with E-state index in [9.17, 15) is 5.11 Å². The summed E-state index contributed by atoms with van der Waals surface area (Å²) in [6.45, 7) is 0. The maximum atomic E-state index is 11.1. The van der Waals surface area contributed by atoms with E-state index in [4.69, 9.17) is 4.74 Å². The van der Waals surface area contributed by atoms with Gasteiger partial charge in [-0.05, 0) is 37.1 Å². The Morgan fingerprint density at radius 1 is 1.19 bits per heavy atom. The number of fused-ring (bicyclic) bond motifs is 1. The molecule has 0 aliphatic heterocycles. The van der Waals surface area contributed by atoms with Crippen molar-refractivity contribution in [3.63, 3.8) is 0 Å². The van der Waals surface area contributed by atoms with Gasteiger partial charge in [0, 0.05) is 5.92 Å². The molecule has 136 valence electrons. The molecule has 1 aliphatic rings. The quantitative estimate of drug-likeness (QED) is 0.586. The van der Waals surface area contributed by atoms with Crippen molar-refractivity contribution in [1.29, 1.82) is 0 Å². The van der Waals surface area contributed by atoms with Crippen LogP contribution in [0, 0.1) is 0 Å². The molecule has 3 aromatic heterocycles. The number of aliphatic hydroxyl groups is 1. The van der Waals surface area contributed by atoms with Gasteiger partial charge in [-0.1, -0.05) is 5.21 Å². The summed E-state index contributed by atoms with van der Waals surface area (Å²) in [5, 5.41) is 19.4. The summed E-state index contributed by atoms with van der Waals surface area (Å²) in [4.78, 5) is 8.77. The van der Waals surface area contributed by atoms with Gasteiger partial charge in [0.05, 0.1) is 54.6 Å². The summed E-state index contributed by atoms with van der Waals surface area (Å²) in [6, 6.07) is 7.48. The number of rotatable bonds is 5. The second kappa shape index (κ2) is 6.17. The Kier molecular flexibility index (Phi) is 3.64. The Hall–Kier alpha value is -3.26. The standard InChI is InChI=1S/C19H18N6O2/c1-27-15-6-4-13(5-7-15)25-10-16(22-23-25)19(26)18-17(12-2-3-12)21-9-14-8-20-11-24(14)18/h4-12,19,26H,2-3H2,1H3/t19-/m0/s1. The summed E-state index contributed by atoms with van der Waals surface area (Å²) in [6.07, 6.45) is 8.21. The van der Waals surface area contributed by atoms with Crippen molar-refractivity contribution in [3.05, 3.63) is 66.3 Å². The van der Waals surface area contributed by atoms with Crippen molar-refractivity contribution in [1.82, 2.24) is 29.4 Å². The van der Waals surface area contributed by atoms with Gasteiger partial charge in [-0.15, -0.1) is 5.10 Å². The molecule has 5 rings (SSSR count). The first-order chi connectivity index (χ1) is 13.2. The second-order valence-electron chi connectivity index (χ2n) is 6.68. The highest BCUT2D eigenvalue weighted by Gasteiger charge is 2.32. The smallest absolute Gasteiger partial charge is 0.142 e. The van der Waals surface area contributed by atoms with E-state index in [0.717, 1.165) is 35.5 Å². The van der Waals surface area contributed by atoms with Crippen LogP contribution in [0.5, 0.6) is 5.75 Å².